The number of esters is 1. The van der Waals surface area contributed by atoms with Crippen molar-refractivity contribution >= 4 is 23.3 Å². The van der Waals surface area contributed by atoms with Crippen molar-refractivity contribution in [1.82, 2.24) is 0 Å². The maximum absolute atomic E-state index is 12.4. The van der Waals surface area contributed by atoms with Crippen molar-refractivity contribution in [3.8, 4) is 0 Å². The lowest BCUT2D eigenvalue weighted by Crippen LogP contribution is -2.20. The quantitative estimate of drug-likeness (QED) is 0.523. The Kier molecular flexibility index (Phi) is 5.97. The highest BCUT2D eigenvalue weighted by atomic mass is 16.5. The molecule has 28 heavy (non-hydrogen) atoms. The van der Waals surface area contributed by atoms with E-state index in [1.54, 1.807) is 48.5 Å². The van der Waals surface area contributed by atoms with Gasteiger partial charge in [0.2, 0.25) is 0 Å². The highest BCUT2D eigenvalue weighted by Gasteiger charge is 2.13. The molecule has 0 radical (unpaired) electrons. The third-order valence-corrected chi connectivity index (χ3v) is 4.09. The molecular weight excluding hydrogens is 354 g/mol. The van der Waals surface area contributed by atoms with Gasteiger partial charge >= 0.3 is 5.97 Å². The van der Waals surface area contributed by atoms with Crippen LogP contribution in [0.25, 0.3) is 0 Å². The van der Waals surface area contributed by atoms with Crippen molar-refractivity contribution in [2.45, 2.75) is 6.92 Å². The molecule has 0 heterocycles. The van der Waals surface area contributed by atoms with Gasteiger partial charge in [-0.05, 0) is 31.2 Å². The SMILES string of the molecule is Cc1ccc(NC(=O)COC(=O)c2ccc(C(=O)c3ccccc3)cc2)cc1. The number of nitrogens with one attached hydrogen (secondary N) is 1. The number of carbonyl (C=O) groups is 3. The zero-order valence-corrected chi connectivity index (χ0v) is 15.3. The van der Waals surface area contributed by atoms with Gasteiger partial charge in [0.15, 0.2) is 12.4 Å². The summed E-state index contributed by atoms with van der Waals surface area (Å²) in [5.74, 6) is -1.18. The molecule has 3 aromatic carbocycles. The van der Waals surface area contributed by atoms with Gasteiger partial charge in [0, 0.05) is 16.8 Å². The van der Waals surface area contributed by atoms with E-state index in [0.717, 1.165) is 5.56 Å². The van der Waals surface area contributed by atoms with E-state index in [-0.39, 0.29) is 11.3 Å². The molecular formula is C23H19NO4. The highest BCUT2D eigenvalue weighted by Crippen LogP contribution is 2.12. The third-order valence-electron chi connectivity index (χ3n) is 4.09. The smallest absolute Gasteiger partial charge is 0.338 e. The van der Waals surface area contributed by atoms with Crippen molar-refractivity contribution in [1.29, 1.82) is 0 Å². The van der Waals surface area contributed by atoms with Crippen LogP contribution in [-0.2, 0) is 9.53 Å². The fourth-order valence-corrected chi connectivity index (χ4v) is 2.56. The van der Waals surface area contributed by atoms with Crippen LogP contribution >= 0.6 is 0 Å². The molecule has 0 fully saturated rings. The number of rotatable bonds is 6. The summed E-state index contributed by atoms with van der Waals surface area (Å²) in [6, 6.07) is 22.3. The molecule has 0 spiro atoms. The van der Waals surface area contributed by atoms with Crippen LogP contribution in [-0.4, -0.2) is 24.3 Å². The molecule has 0 saturated carbocycles. The van der Waals surface area contributed by atoms with E-state index in [9.17, 15) is 14.4 Å². The molecule has 0 bridgehead atoms. The highest BCUT2D eigenvalue weighted by molar-refractivity contribution is 6.09. The molecule has 0 aliphatic heterocycles. The van der Waals surface area contributed by atoms with Gasteiger partial charge in [0.05, 0.1) is 5.56 Å². The minimum atomic E-state index is -0.627. The first-order valence-corrected chi connectivity index (χ1v) is 8.76. The maximum atomic E-state index is 12.4. The van der Waals surface area contributed by atoms with Crippen LogP contribution in [0.2, 0.25) is 0 Å². The molecule has 0 aromatic heterocycles. The van der Waals surface area contributed by atoms with Crippen LogP contribution in [0.4, 0.5) is 5.69 Å². The maximum Gasteiger partial charge on any atom is 0.338 e. The first-order chi connectivity index (χ1) is 13.5. The second-order valence-corrected chi connectivity index (χ2v) is 6.26. The molecule has 0 unspecified atom stereocenters. The van der Waals surface area contributed by atoms with Gasteiger partial charge in [-0.15, -0.1) is 0 Å². The summed E-state index contributed by atoms with van der Waals surface area (Å²) in [4.78, 5) is 36.4. The number of hydrogen-bond donors (Lipinski definition) is 1. The van der Waals surface area contributed by atoms with Gasteiger partial charge in [-0.1, -0.05) is 60.2 Å². The lowest BCUT2D eigenvalue weighted by molar-refractivity contribution is -0.119. The summed E-state index contributed by atoms with van der Waals surface area (Å²) in [6.07, 6.45) is 0. The number of aryl methyl sites for hydroxylation is 1. The van der Waals surface area contributed by atoms with Gasteiger partial charge in [-0.3, -0.25) is 9.59 Å². The Morgan fingerprint density at radius 2 is 1.32 bits per heavy atom. The number of amides is 1. The largest absolute Gasteiger partial charge is 0.452 e. The lowest BCUT2D eigenvalue weighted by atomic mass is 10.0. The average Bonchev–Trinajstić information content (AvgIpc) is 2.74. The summed E-state index contributed by atoms with van der Waals surface area (Å²) in [5.41, 5.74) is 3.03. The Bertz CT molecular complexity index is 977. The molecule has 1 N–H and O–H groups in total. The second kappa shape index (κ2) is 8.77. The molecule has 1 amide bonds. The molecule has 3 rings (SSSR count). The van der Waals surface area contributed by atoms with Gasteiger partial charge in [0.1, 0.15) is 0 Å². The van der Waals surface area contributed by atoms with Crippen molar-refractivity contribution in [2.75, 3.05) is 11.9 Å². The first-order valence-electron chi connectivity index (χ1n) is 8.76. The Morgan fingerprint density at radius 1 is 0.750 bits per heavy atom. The molecule has 0 aliphatic rings. The van der Waals surface area contributed by atoms with Crippen molar-refractivity contribution in [2.24, 2.45) is 0 Å². The number of ether oxygens (including phenoxy) is 1. The second-order valence-electron chi connectivity index (χ2n) is 6.26. The van der Waals surface area contributed by atoms with E-state index in [2.05, 4.69) is 5.32 Å². The molecule has 0 saturated heterocycles. The van der Waals surface area contributed by atoms with Gasteiger partial charge < -0.3 is 10.1 Å². The van der Waals surface area contributed by atoms with E-state index in [1.807, 2.05) is 25.1 Å². The minimum absolute atomic E-state index is 0.127. The van der Waals surface area contributed by atoms with Gasteiger partial charge in [-0.25, -0.2) is 4.79 Å². The predicted molar refractivity (Wildman–Crippen MR) is 106 cm³/mol. The van der Waals surface area contributed by atoms with E-state index >= 15 is 0 Å². The first kappa shape index (κ1) is 19.0. The fourth-order valence-electron chi connectivity index (χ4n) is 2.56. The third kappa shape index (κ3) is 4.92. The van der Waals surface area contributed by atoms with E-state index in [1.165, 1.54) is 12.1 Å². The summed E-state index contributed by atoms with van der Waals surface area (Å²) >= 11 is 0. The standard InChI is InChI=1S/C23H19NO4/c1-16-7-13-20(14-8-16)24-21(25)15-28-23(27)19-11-9-18(10-12-19)22(26)17-5-3-2-4-6-17/h2-14H,15H2,1H3,(H,24,25). The zero-order chi connectivity index (χ0) is 19.9. The number of ketones is 1. The Labute approximate surface area is 163 Å². The van der Waals surface area contributed by atoms with Crippen LogP contribution in [0.1, 0.15) is 31.8 Å². The molecule has 3 aromatic rings. The van der Waals surface area contributed by atoms with Crippen molar-refractivity contribution < 1.29 is 19.1 Å². The lowest BCUT2D eigenvalue weighted by Gasteiger charge is -2.07. The summed E-state index contributed by atoms with van der Waals surface area (Å²) < 4.78 is 5.03. The van der Waals surface area contributed by atoms with Crippen molar-refractivity contribution in [3.05, 3.63) is 101 Å². The van der Waals surface area contributed by atoms with Crippen molar-refractivity contribution in [3.63, 3.8) is 0 Å². The van der Waals surface area contributed by atoms with Gasteiger partial charge in [0.25, 0.3) is 5.91 Å². The molecule has 5 heteroatoms. The van der Waals surface area contributed by atoms with E-state index < -0.39 is 18.5 Å². The Morgan fingerprint density at radius 3 is 1.96 bits per heavy atom. The van der Waals surface area contributed by atoms with Crippen LogP contribution < -0.4 is 5.32 Å². The van der Waals surface area contributed by atoms with Crippen LogP contribution in [0.5, 0.6) is 0 Å². The zero-order valence-electron chi connectivity index (χ0n) is 15.3. The van der Waals surface area contributed by atoms with Crippen LogP contribution in [0, 0.1) is 6.92 Å². The predicted octanol–water partition coefficient (Wildman–Crippen LogP) is 4.02. The summed E-state index contributed by atoms with van der Waals surface area (Å²) in [5, 5.41) is 2.66. The number of carbonyl (C=O) groups excluding carboxylic acids is 3. The topological polar surface area (TPSA) is 72.5 Å². The number of hydrogen-bond acceptors (Lipinski definition) is 4. The molecule has 5 nitrogen and oxygen atoms in total. The molecule has 0 atom stereocenters. The van der Waals surface area contributed by atoms with E-state index in [0.29, 0.717) is 16.8 Å². The molecule has 0 aliphatic carbocycles. The van der Waals surface area contributed by atoms with Crippen LogP contribution in [0.3, 0.4) is 0 Å². The summed E-state index contributed by atoms with van der Waals surface area (Å²) in [6.45, 7) is 1.56. The number of benzene rings is 3. The summed E-state index contributed by atoms with van der Waals surface area (Å²) in [7, 11) is 0. The Balaban J connectivity index is 1.55. The Hall–Kier alpha value is -3.73. The van der Waals surface area contributed by atoms with Crippen LogP contribution in [0.15, 0.2) is 78.9 Å². The van der Waals surface area contributed by atoms with E-state index in [4.69, 9.17) is 4.74 Å². The number of anilines is 1. The monoisotopic (exact) mass is 373 g/mol. The minimum Gasteiger partial charge on any atom is -0.452 e. The normalized spacial score (nSPS) is 10.2. The fraction of sp³-hybridized carbons (Fsp3) is 0.0870. The van der Waals surface area contributed by atoms with Gasteiger partial charge in [-0.2, -0.15) is 0 Å². The molecule has 140 valence electrons. The average molecular weight is 373 g/mol.